The van der Waals surface area contributed by atoms with E-state index in [2.05, 4.69) is 5.32 Å². The van der Waals surface area contributed by atoms with Gasteiger partial charge in [0.05, 0.1) is 13.2 Å². The molecule has 0 unspecified atom stereocenters. The maximum absolute atomic E-state index is 12.7. The number of hydrogen-bond donors (Lipinski definition) is 1. The molecule has 0 radical (unpaired) electrons. The van der Waals surface area contributed by atoms with Crippen LogP contribution in [0.25, 0.3) is 0 Å². The van der Waals surface area contributed by atoms with Gasteiger partial charge in [-0.2, -0.15) is 0 Å². The summed E-state index contributed by atoms with van der Waals surface area (Å²) in [7, 11) is 0. The van der Waals surface area contributed by atoms with E-state index < -0.39 is 11.6 Å². The highest BCUT2D eigenvalue weighted by molar-refractivity contribution is 5.99. The zero-order chi connectivity index (χ0) is 19.6. The smallest absolute Gasteiger partial charge is 0.341 e. The molecule has 0 aliphatic rings. The summed E-state index contributed by atoms with van der Waals surface area (Å²) in [5.41, 5.74) is -0.121. The molecule has 0 spiro atoms. The Morgan fingerprint density at radius 1 is 1.08 bits per heavy atom. The zero-order valence-corrected chi connectivity index (χ0v) is 16.5. The monoisotopic (exact) mass is 365 g/mol. The second-order valence-electron chi connectivity index (χ2n) is 6.17. The molecule has 1 atom stereocenters. The van der Waals surface area contributed by atoms with Gasteiger partial charge in [0.2, 0.25) is 0 Å². The minimum absolute atomic E-state index is 0.245. The summed E-state index contributed by atoms with van der Waals surface area (Å²) in [5, 5.41) is 2.84. The Labute approximate surface area is 156 Å². The molecule has 6 heteroatoms. The summed E-state index contributed by atoms with van der Waals surface area (Å²) >= 11 is 0. The molecule has 1 aromatic rings. The van der Waals surface area contributed by atoms with Crippen molar-refractivity contribution in [3.05, 3.63) is 23.8 Å². The van der Waals surface area contributed by atoms with Gasteiger partial charge in [-0.3, -0.25) is 4.79 Å². The van der Waals surface area contributed by atoms with Crippen molar-refractivity contribution >= 4 is 17.6 Å². The molecule has 0 aliphatic carbocycles. The molecule has 0 fully saturated rings. The highest BCUT2D eigenvalue weighted by Gasteiger charge is 2.32. The fraction of sp³-hybridized carbons (Fsp3) is 0.600. The Morgan fingerprint density at radius 2 is 1.77 bits per heavy atom. The molecule has 0 saturated heterocycles. The molecule has 0 aromatic heterocycles. The summed E-state index contributed by atoms with van der Waals surface area (Å²) < 4.78 is 16.4. The molecule has 6 nitrogen and oxygen atoms in total. The predicted molar refractivity (Wildman–Crippen MR) is 102 cm³/mol. The number of hydrogen-bond acceptors (Lipinski definition) is 5. The van der Waals surface area contributed by atoms with Crippen molar-refractivity contribution in [1.29, 1.82) is 0 Å². The molecule has 1 N–H and O–H groups in total. The number of amides is 1. The molecule has 0 saturated carbocycles. The highest BCUT2D eigenvalue weighted by Crippen LogP contribution is 2.26. The van der Waals surface area contributed by atoms with Crippen LogP contribution in [0.15, 0.2) is 18.2 Å². The molecule has 26 heavy (non-hydrogen) atoms. The summed E-state index contributed by atoms with van der Waals surface area (Å²) in [6.07, 6.45) is 2.20. The second-order valence-corrected chi connectivity index (χ2v) is 6.17. The first kappa shape index (κ1) is 22.0. The van der Waals surface area contributed by atoms with Crippen LogP contribution in [0.2, 0.25) is 0 Å². The van der Waals surface area contributed by atoms with Crippen molar-refractivity contribution in [1.82, 2.24) is 0 Å². The van der Waals surface area contributed by atoms with E-state index in [9.17, 15) is 9.59 Å². The van der Waals surface area contributed by atoms with Gasteiger partial charge in [-0.15, -0.1) is 0 Å². The number of nitrogens with one attached hydrogen (secondary N) is 1. The Hall–Kier alpha value is -2.08. The molecule has 0 aliphatic heterocycles. The number of carbonyl (C=O) groups is 2. The molecular weight excluding hydrogens is 334 g/mol. The van der Waals surface area contributed by atoms with Crippen molar-refractivity contribution in [2.24, 2.45) is 0 Å². The van der Waals surface area contributed by atoms with Gasteiger partial charge in [0.1, 0.15) is 16.9 Å². The Bertz CT molecular complexity index is 602. The van der Waals surface area contributed by atoms with Crippen LogP contribution in [0.5, 0.6) is 5.75 Å². The topological polar surface area (TPSA) is 73.9 Å². The zero-order valence-electron chi connectivity index (χ0n) is 16.5. The standard InChI is InChI=1S/C20H31NO5/c1-6-12-25-17-11-10-15(14-16(17)18(22)24-9-4)21-19(23)20(5,8-3)26-13-7-2/h10-11,14H,6-9,12-13H2,1-5H3,(H,21,23)/t20-/m0/s1. The molecule has 0 bridgehead atoms. The van der Waals surface area contributed by atoms with Gasteiger partial charge >= 0.3 is 5.97 Å². The Morgan fingerprint density at radius 3 is 2.35 bits per heavy atom. The molecule has 1 amide bonds. The van der Waals surface area contributed by atoms with Gasteiger partial charge in [0, 0.05) is 12.3 Å². The third-order valence-corrected chi connectivity index (χ3v) is 3.97. The quantitative estimate of drug-likeness (QED) is 0.595. The van der Waals surface area contributed by atoms with E-state index in [1.54, 1.807) is 32.0 Å². The van der Waals surface area contributed by atoms with E-state index in [4.69, 9.17) is 14.2 Å². The minimum atomic E-state index is -0.919. The van der Waals surface area contributed by atoms with Crippen LogP contribution < -0.4 is 10.1 Å². The lowest BCUT2D eigenvalue weighted by Gasteiger charge is -2.27. The number of anilines is 1. The first-order chi connectivity index (χ1) is 12.4. The van der Waals surface area contributed by atoms with Crippen LogP contribution in [0.4, 0.5) is 5.69 Å². The van der Waals surface area contributed by atoms with Crippen LogP contribution >= 0.6 is 0 Å². The van der Waals surface area contributed by atoms with Crippen LogP contribution in [-0.2, 0) is 14.3 Å². The third kappa shape index (κ3) is 6.02. The first-order valence-electron chi connectivity index (χ1n) is 9.31. The molecule has 1 rings (SSSR count). The third-order valence-electron chi connectivity index (χ3n) is 3.97. The summed E-state index contributed by atoms with van der Waals surface area (Å²) in [6, 6.07) is 4.96. The summed E-state index contributed by atoms with van der Waals surface area (Å²) in [6.45, 7) is 10.7. The largest absolute Gasteiger partial charge is 0.493 e. The number of benzene rings is 1. The fourth-order valence-corrected chi connectivity index (χ4v) is 2.23. The van der Waals surface area contributed by atoms with Crippen LogP contribution in [0.1, 0.15) is 64.2 Å². The number of carbonyl (C=O) groups excluding carboxylic acids is 2. The SMILES string of the molecule is CCCOc1ccc(NC(=O)[C@](C)(CC)OCCC)cc1C(=O)OCC. The van der Waals surface area contributed by atoms with Gasteiger partial charge in [-0.05, 0) is 51.3 Å². The maximum Gasteiger partial charge on any atom is 0.341 e. The van der Waals surface area contributed by atoms with Gasteiger partial charge in [0.15, 0.2) is 0 Å². The number of ether oxygens (including phenoxy) is 3. The second kappa shape index (κ2) is 10.8. The van der Waals surface area contributed by atoms with E-state index in [1.807, 2.05) is 20.8 Å². The minimum Gasteiger partial charge on any atom is -0.493 e. The van der Waals surface area contributed by atoms with Crippen LogP contribution in [0, 0.1) is 0 Å². The van der Waals surface area contributed by atoms with Gasteiger partial charge < -0.3 is 19.5 Å². The lowest BCUT2D eigenvalue weighted by Crippen LogP contribution is -2.42. The van der Waals surface area contributed by atoms with Crippen LogP contribution in [-0.4, -0.2) is 37.3 Å². The van der Waals surface area contributed by atoms with E-state index in [0.717, 1.165) is 12.8 Å². The summed E-state index contributed by atoms with van der Waals surface area (Å²) in [4.78, 5) is 24.9. The Balaban J connectivity index is 3.03. The van der Waals surface area contributed by atoms with Gasteiger partial charge in [-0.1, -0.05) is 20.8 Å². The first-order valence-corrected chi connectivity index (χ1v) is 9.31. The van der Waals surface area contributed by atoms with Gasteiger partial charge in [0.25, 0.3) is 5.91 Å². The average molecular weight is 365 g/mol. The van der Waals surface area contributed by atoms with Crippen molar-refractivity contribution in [3.63, 3.8) is 0 Å². The number of rotatable bonds is 11. The van der Waals surface area contributed by atoms with Crippen molar-refractivity contribution in [3.8, 4) is 5.75 Å². The lowest BCUT2D eigenvalue weighted by atomic mass is 10.0. The lowest BCUT2D eigenvalue weighted by molar-refractivity contribution is -0.139. The number of esters is 1. The molecule has 1 aromatic carbocycles. The van der Waals surface area contributed by atoms with Gasteiger partial charge in [-0.25, -0.2) is 4.79 Å². The van der Waals surface area contributed by atoms with Crippen molar-refractivity contribution in [2.75, 3.05) is 25.1 Å². The van der Waals surface area contributed by atoms with Crippen LogP contribution in [0.3, 0.4) is 0 Å². The van der Waals surface area contributed by atoms with Crippen molar-refractivity contribution in [2.45, 2.75) is 59.5 Å². The molecule has 146 valence electrons. The van der Waals surface area contributed by atoms with E-state index >= 15 is 0 Å². The molecule has 0 heterocycles. The van der Waals surface area contributed by atoms with E-state index in [1.165, 1.54) is 0 Å². The average Bonchev–Trinajstić information content (AvgIpc) is 2.65. The summed E-state index contributed by atoms with van der Waals surface area (Å²) in [5.74, 6) is -0.274. The normalized spacial score (nSPS) is 13.0. The Kier molecular flexibility index (Phi) is 9.13. The fourth-order valence-electron chi connectivity index (χ4n) is 2.23. The predicted octanol–water partition coefficient (Wildman–Crippen LogP) is 4.19. The van der Waals surface area contributed by atoms with Crippen molar-refractivity contribution < 1.29 is 23.8 Å². The highest BCUT2D eigenvalue weighted by atomic mass is 16.5. The van der Waals surface area contributed by atoms with E-state index in [-0.39, 0.29) is 12.5 Å². The maximum atomic E-state index is 12.7. The van der Waals surface area contributed by atoms with E-state index in [0.29, 0.717) is 36.6 Å². The molecular formula is C20H31NO5.